The third-order valence-electron chi connectivity index (χ3n) is 4.45. The summed E-state index contributed by atoms with van der Waals surface area (Å²) in [4.78, 5) is 7.10. The lowest BCUT2D eigenvalue weighted by Gasteiger charge is -2.20. The highest BCUT2D eigenvalue weighted by molar-refractivity contribution is 5.77. The fourth-order valence-corrected chi connectivity index (χ4v) is 3.20. The van der Waals surface area contributed by atoms with Gasteiger partial charge in [0.15, 0.2) is 5.58 Å². The van der Waals surface area contributed by atoms with Gasteiger partial charge in [0, 0.05) is 24.3 Å². The number of fused-ring (bicyclic) bond motifs is 1. The second-order valence-corrected chi connectivity index (χ2v) is 6.19. The van der Waals surface area contributed by atoms with Crippen LogP contribution in [0.4, 0.5) is 5.69 Å². The van der Waals surface area contributed by atoms with Crippen LogP contribution in [-0.4, -0.2) is 18.1 Å². The Kier molecular flexibility index (Phi) is 3.14. The molecular formula is C19H20N2O. The Labute approximate surface area is 130 Å². The van der Waals surface area contributed by atoms with Crippen LogP contribution < -0.4 is 4.90 Å². The van der Waals surface area contributed by atoms with Gasteiger partial charge in [0.25, 0.3) is 0 Å². The van der Waals surface area contributed by atoms with Crippen molar-refractivity contribution in [1.82, 2.24) is 4.98 Å². The third-order valence-corrected chi connectivity index (χ3v) is 4.45. The molecule has 112 valence electrons. The summed E-state index contributed by atoms with van der Waals surface area (Å²) in [6.07, 6.45) is 2.57. The van der Waals surface area contributed by atoms with Gasteiger partial charge in [-0.25, -0.2) is 4.98 Å². The number of nitrogens with zero attached hydrogens (tertiary/aromatic N) is 2. The molecule has 0 N–H and O–H groups in total. The molecule has 0 amide bonds. The number of anilines is 1. The number of aromatic nitrogens is 1. The molecule has 2 aromatic carbocycles. The van der Waals surface area contributed by atoms with Crippen LogP contribution in [0.1, 0.15) is 24.0 Å². The van der Waals surface area contributed by atoms with Crippen molar-refractivity contribution >= 4 is 16.8 Å². The summed E-state index contributed by atoms with van der Waals surface area (Å²) in [5.41, 5.74) is 6.66. The lowest BCUT2D eigenvalue weighted by molar-refractivity contribution is 0.619. The Balaban J connectivity index is 1.78. The Morgan fingerprint density at radius 1 is 1.00 bits per heavy atom. The van der Waals surface area contributed by atoms with E-state index in [0.717, 1.165) is 29.8 Å². The molecule has 4 rings (SSSR count). The average Bonchev–Trinajstić information content (AvgIpc) is 3.16. The van der Waals surface area contributed by atoms with E-state index in [1.54, 1.807) is 0 Å². The largest absolute Gasteiger partial charge is 0.436 e. The minimum atomic E-state index is 0.709. The molecule has 3 nitrogen and oxygen atoms in total. The van der Waals surface area contributed by atoms with Crippen LogP contribution in [-0.2, 0) is 0 Å². The van der Waals surface area contributed by atoms with E-state index >= 15 is 0 Å². The zero-order chi connectivity index (χ0) is 15.1. The molecule has 0 spiro atoms. The Morgan fingerprint density at radius 3 is 2.64 bits per heavy atom. The molecule has 3 aromatic rings. The van der Waals surface area contributed by atoms with Gasteiger partial charge in [-0.15, -0.1) is 0 Å². The van der Waals surface area contributed by atoms with E-state index in [0.29, 0.717) is 5.89 Å². The first-order valence-electron chi connectivity index (χ1n) is 7.94. The van der Waals surface area contributed by atoms with Crippen LogP contribution in [0.2, 0.25) is 0 Å². The van der Waals surface area contributed by atoms with Gasteiger partial charge in [-0.05, 0) is 62.1 Å². The summed E-state index contributed by atoms with van der Waals surface area (Å²) in [5, 5.41) is 0. The molecule has 1 saturated heterocycles. The predicted molar refractivity (Wildman–Crippen MR) is 90.4 cm³/mol. The van der Waals surface area contributed by atoms with Crippen molar-refractivity contribution in [2.45, 2.75) is 26.7 Å². The number of hydrogen-bond donors (Lipinski definition) is 0. The number of oxazole rings is 1. The molecule has 1 aromatic heterocycles. The Bertz CT molecular complexity index is 829. The number of benzene rings is 2. The molecule has 0 aliphatic carbocycles. The van der Waals surface area contributed by atoms with E-state index < -0.39 is 0 Å². The quantitative estimate of drug-likeness (QED) is 0.685. The van der Waals surface area contributed by atoms with Crippen molar-refractivity contribution in [2.24, 2.45) is 0 Å². The van der Waals surface area contributed by atoms with Gasteiger partial charge in [-0.3, -0.25) is 0 Å². The topological polar surface area (TPSA) is 29.3 Å². The summed E-state index contributed by atoms with van der Waals surface area (Å²) >= 11 is 0. The zero-order valence-electron chi connectivity index (χ0n) is 13.1. The van der Waals surface area contributed by atoms with Crippen molar-refractivity contribution in [2.75, 3.05) is 18.0 Å². The van der Waals surface area contributed by atoms with Gasteiger partial charge in [0.1, 0.15) is 5.52 Å². The van der Waals surface area contributed by atoms with Gasteiger partial charge in [-0.2, -0.15) is 0 Å². The van der Waals surface area contributed by atoms with E-state index in [9.17, 15) is 0 Å². The second-order valence-electron chi connectivity index (χ2n) is 6.19. The van der Waals surface area contributed by atoms with Crippen LogP contribution in [0.3, 0.4) is 0 Å². The third kappa shape index (κ3) is 2.27. The highest BCUT2D eigenvalue weighted by atomic mass is 16.3. The Hall–Kier alpha value is -2.29. The van der Waals surface area contributed by atoms with Crippen molar-refractivity contribution in [3.63, 3.8) is 0 Å². The molecule has 1 fully saturated rings. The van der Waals surface area contributed by atoms with Crippen molar-refractivity contribution in [3.05, 3.63) is 47.5 Å². The van der Waals surface area contributed by atoms with Crippen LogP contribution >= 0.6 is 0 Å². The highest BCUT2D eigenvalue weighted by Crippen LogP contribution is 2.31. The first-order valence-corrected chi connectivity index (χ1v) is 7.94. The van der Waals surface area contributed by atoms with E-state index in [-0.39, 0.29) is 0 Å². The smallest absolute Gasteiger partial charge is 0.227 e. The van der Waals surface area contributed by atoms with Crippen LogP contribution in [0.5, 0.6) is 0 Å². The number of aryl methyl sites for hydroxylation is 2. The molecule has 0 atom stereocenters. The molecule has 0 bridgehead atoms. The van der Waals surface area contributed by atoms with Crippen LogP contribution in [0.15, 0.2) is 40.8 Å². The normalized spacial score (nSPS) is 14.9. The minimum Gasteiger partial charge on any atom is -0.436 e. The lowest BCUT2D eigenvalue weighted by Crippen LogP contribution is -2.18. The molecular weight excluding hydrogens is 272 g/mol. The van der Waals surface area contributed by atoms with Crippen molar-refractivity contribution < 1.29 is 4.42 Å². The summed E-state index contributed by atoms with van der Waals surface area (Å²) in [6.45, 7) is 6.54. The minimum absolute atomic E-state index is 0.709. The van der Waals surface area contributed by atoms with Gasteiger partial charge in [0.2, 0.25) is 5.89 Å². The van der Waals surface area contributed by atoms with Crippen molar-refractivity contribution in [1.29, 1.82) is 0 Å². The fraction of sp³-hybridized carbons (Fsp3) is 0.316. The van der Waals surface area contributed by atoms with Gasteiger partial charge >= 0.3 is 0 Å². The van der Waals surface area contributed by atoms with E-state index in [4.69, 9.17) is 4.42 Å². The van der Waals surface area contributed by atoms with E-state index in [2.05, 4.69) is 48.0 Å². The molecule has 0 radical (unpaired) electrons. The lowest BCUT2D eigenvalue weighted by atomic mass is 10.1. The second kappa shape index (κ2) is 5.16. The molecule has 3 heteroatoms. The van der Waals surface area contributed by atoms with E-state index in [1.807, 2.05) is 12.1 Å². The number of rotatable bonds is 2. The Morgan fingerprint density at radius 2 is 1.82 bits per heavy atom. The van der Waals surface area contributed by atoms with Crippen LogP contribution in [0, 0.1) is 13.8 Å². The maximum absolute atomic E-state index is 5.96. The molecule has 0 saturated carbocycles. The molecule has 1 aliphatic heterocycles. The SMILES string of the molecule is Cc1ccc2nc(-c3ccc(C)c(N4CCCC4)c3)oc2c1. The number of hydrogen-bond acceptors (Lipinski definition) is 3. The van der Waals surface area contributed by atoms with Gasteiger partial charge in [-0.1, -0.05) is 12.1 Å². The fourth-order valence-electron chi connectivity index (χ4n) is 3.20. The zero-order valence-corrected chi connectivity index (χ0v) is 13.1. The molecule has 1 aliphatic rings. The maximum atomic E-state index is 5.96. The average molecular weight is 292 g/mol. The maximum Gasteiger partial charge on any atom is 0.227 e. The summed E-state index contributed by atoms with van der Waals surface area (Å²) in [5.74, 6) is 0.709. The molecule has 2 heterocycles. The summed E-state index contributed by atoms with van der Waals surface area (Å²) < 4.78 is 5.96. The van der Waals surface area contributed by atoms with Crippen LogP contribution in [0.25, 0.3) is 22.6 Å². The molecule has 22 heavy (non-hydrogen) atoms. The van der Waals surface area contributed by atoms with Gasteiger partial charge in [0.05, 0.1) is 0 Å². The highest BCUT2D eigenvalue weighted by Gasteiger charge is 2.16. The first kappa shape index (κ1) is 13.4. The van der Waals surface area contributed by atoms with E-state index in [1.165, 1.54) is 29.7 Å². The monoisotopic (exact) mass is 292 g/mol. The summed E-state index contributed by atoms with van der Waals surface area (Å²) in [6, 6.07) is 12.6. The standard InChI is InChI=1S/C19H20N2O/c1-13-5-8-16-18(11-13)22-19(20-16)15-7-6-14(2)17(12-15)21-9-3-4-10-21/h5-8,11-12H,3-4,9-10H2,1-2H3. The van der Waals surface area contributed by atoms with Crippen molar-refractivity contribution in [3.8, 4) is 11.5 Å². The first-order chi connectivity index (χ1) is 10.7. The predicted octanol–water partition coefficient (Wildman–Crippen LogP) is 4.71. The molecule has 0 unspecified atom stereocenters. The van der Waals surface area contributed by atoms with Gasteiger partial charge < -0.3 is 9.32 Å². The summed E-state index contributed by atoms with van der Waals surface area (Å²) in [7, 11) is 0.